The highest BCUT2D eigenvalue weighted by atomic mass is 16.2. The van der Waals surface area contributed by atoms with E-state index in [2.05, 4.69) is 30.6 Å². The summed E-state index contributed by atoms with van der Waals surface area (Å²) in [4.78, 5) is 18.7. The van der Waals surface area contributed by atoms with Gasteiger partial charge in [-0.15, -0.1) is 5.10 Å². The predicted molar refractivity (Wildman–Crippen MR) is 68.9 cm³/mol. The van der Waals surface area contributed by atoms with Crippen LogP contribution in [0.5, 0.6) is 0 Å². The lowest BCUT2D eigenvalue weighted by Crippen LogP contribution is -2.16. The van der Waals surface area contributed by atoms with E-state index in [4.69, 9.17) is 0 Å². The number of hydrogen-bond donors (Lipinski definition) is 3. The second-order valence-corrected chi connectivity index (χ2v) is 4.10. The second-order valence-electron chi connectivity index (χ2n) is 4.10. The van der Waals surface area contributed by atoms with Crippen LogP contribution in [0.25, 0.3) is 5.65 Å². The molecule has 0 aliphatic rings. The molecule has 1 unspecified atom stereocenters. The first-order chi connectivity index (χ1) is 9.28. The van der Waals surface area contributed by atoms with E-state index >= 15 is 0 Å². The van der Waals surface area contributed by atoms with Gasteiger partial charge in [-0.1, -0.05) is 6.92 Å². The van der Waals surface area contributed by atoms with Crippen LogP contribution in [0, 0.1) is 0 Å². The maximum atomic E-state index is 11.5. The Kier molecular flexibility index (Phi) is 2.75. The zero-order valence-electron chi connectivity index (χ0n) is 10.3. The number of imidazole rings is 1. The Labute approximate surface area is 107 Å². The first-order valence-electron chi connectivity index (χ1n) is 5.98. The lowest BCUT2D eigenvalue weighted by molar-refractivity contribution is 0.694. The second kappa shape index (κ2) is 4.56. The largest absolute Gasteiger partial charge is 0.364 e. The molecule has 0 spiro atoms. The van der Waals surface area contributed by atoms with Gasteiger partial charge in [-0.3, -0.25) is 0 Å². The monoisotopic (exact) mass is 259 g/mol. The van der Waals surface area contributed by atoms with Crippen molar-refractivity contribution >= 4 is 11.5 Å². The quantitative estimate of drug-likeness (QED) is 0.640. The number of aromatic amines is 2. The summed E-state index contributed by atoms with van der Waals surface area (Å²) in [6, 6.07) is 3.52. The smallest absolute Gasteiger partial charge is 0.359 e. The van der Waals surface area contributed by atoms with Crippen LogP contribution < -0.4 is 11.0 Å². The number of hydrogen-bond acceptors (Lipinski definition) is 5. The van der Waals surface area contributed by atoms with Gasteiger partial charge in [-0.05, 0) is 18.6 Å². The lowest BCUT2D eigenvalue weighted by Gasteiger charge is -2.14. The molecule has 0 aromatic carbocycles. The first kappa shape index (κ1) is 11.5. The van der Waals surface area contributed by atoms with Gasteiger partial charge in [-0.25, -0.2) is 14.9 Å². The Bertz CT molecular complexity index is 727. The molecule has 1 atom stereocenters. The molecule has 3 rings (SSSR count). The Morgan fingerprint density at radius 3 is 3.11 bits per heavy atom. The third-order valence-corrected chi connectivity index (χ3v) is 2.85. The maximum Gasteiger partial charge on any atom is 0.364 e. The highest BCUT2D eigenvalue weighted by Gasteiger charge is 2.12. The van der Waals surface area contributed by atoms with Gasteiger partial charge in [0, 0.05) is 12.4 Å². The van der Waals surface area contributed by atoms with E-state index in [0.29, 0.717) is 11.5 Å². The maximum absolute atomic E-state index is 11.5. The number of rotatable bonds is 4. The SMILES string of the molecule is CCC(Nc1ccc2n[nH]c(=O)n2n1)c1ncc[nH]1. The molecule has 8 nitrogen and oxygen atoms in total. The summed E-state index contributed by atoms with van der Waals surface area (Å²) in [5.74, 6) is 1.43. The van der Waals surface area contributed by atoms with Crippen molar-refractivity contribution < 1.29 is 0 Å². The van der Waals surface area contributed by atoms with Crippen molar-refractivity contribution in [1.29, 1.82) is 0 Å². The molecule has 0 fully saturated rings. The molecule has 98 valence electrons. The third kappa shape index (κ3) is 2.07. The van der Waals surface area contributed by atoms with Gasteiger partial charge >= 0.3 is 5.69 Å². The first-order valence-corrected chi connectivity index (χ1v) is 5.98. The Morgan fingerprint density at radius 2 is 2.37 bits per heavy atom. The zero-order valence-corrected chi connectivity index (χ0v) is 10.3. The molecule has 3 aromatic heterocycles. The Hall–Kier alpha value is -2.64. The molecular weight excluding hydrogens is 246 g/mol. The van der Waals surface area contributed by atoms with Crippen molar-refractivity contribution in [3.63, 3.8) is 0 Å². The summed E-state index contributed by atoms with van der Waals surface area (Å²) in [6.07, 6.45) is 4.32. The number of anilines is 1. The highest BCUT2D eigenvalue weighted by molar-refractivity contribution is 5.43. The molecule has 0 aliphatic heterocycles. The summed E-state index contributed by atoms with van der Waals surface area (Å²) in [7, 11) is 0. The van der Waals surface area contributed by atoms with E-state index in [1.165, 1.54) is 4.52 Å². The number of nitrogens with zero attached hydrogens (tertiary/aromatic N) is 4. The molecule has 19 heavy (non-hydrogen) atoms. The Morgan fingerprint density at radius 1 is 1.47 bits per heavy atom. The van der Waals surface area contributed by atoms with Gasteiger partial charge in [0.1, 0.15) is 11.6 Å². The molecule has 8 heteroatoms. The van der Waals surface area contributed by atoms with Crippen molar-refractivity contribution in [2.24, 2.45) is 0 Å². The van der Waals surface area contributed by atoms with E-state index in [-0.39, 0.29) is 11.7 Å². The van der Waals surface area contributed by atoms with E-state index in [1.54, 1.807) is 24.5 Å². The molecule has 0 saturated carbocycles. The zero-order chi connectivity index (χ0) is 13.2. The predicted octanol–water partition coefficient (Wildman–Crippen LogP) is 0.704. The van der Waals surface area contributed by atoms with Crippen LogP contribution in [0.2, 0.25) is 0 Å². The van der Waals surface area contributed by atoms with Gasteiger partial charge in [-0.2, -0.15) is 9.61 Å². The standard InChI is InChI=1S/C11H13N7O/c1-2-7(10-12-5-6-13-10)14-8-3-4-9-15-16-11(19)18(9)17-8/h3-7H,2H2,1H3,(H,12,13)(H,14,17)(H,16,19). The summed E-state index contributed by atoms with van der Waals surface area (Å²) in [5, 5.41) is 13.6. The van der Waals surface area contributed by atoms with Crippen molar-refractivity contribution in [2.75, 3.05) is 5.32 Å². The normalized spacial score (nSPS) is 12.7. The molecular formula is C11H13N7O. The van der Waals surface area contributed by atoms with Crippen molar-refractivity contribution in [2.45, 2.75) is 19.4 Å². The van der Waals surface area contributed by atoms with Gasteiger partial charge in [0.25, 0.3) is 0 Å². The van der Waals surface area contributed by atoms with Gasteiger partial charge in [0.15, 0.2) is 5.65 Å². The third-order valence-electron chi connectivity index (χ3n) is 2.85. The molecule has 3 aromatic rings. The molecule has 0 bridgehead atoms. The van der Waals surface area contributed by atoms with Gasteiger partial charge in [0.05, 0.1) is 6.04 Å². The summed E-state index contributed by atoms with van der Waals surface area (Å²) in [5.41, 5.74) is 0.131. The fourth-order valence-corrected chi connectivity index (χ4v) is 1.89. The minimum absolute atomic E-state index is 0.0163. The number of aromatic nitrogens is 6. The van der Waals surface area contributed by atoms with E-state index in [9.17, 15) is 4.79 Å². The van der Waals surface area contributed by atoms with Crippen LogP contribution >= 0.6 is 0 Å². The molecule has 0 amide bonds. The average molecular weight is 259 g/mol. The highest BCUT2D eigenvalue weighted by Crippen LogP contribution is 2.17. The molecule has 3 heterocycles. The fraction of sp³-hybridized carbons (Fsp3) is 0.273. The topological polar surface area (TPSA) is 104 Å². The molecule has 3 N–H and O–H groups in total. The summed E-state index contributed by atoms with van der Waals surface area (Å²) in [6.45, 7) is 2.04. The van der Waals surface area contributed by atoms with Crippen LogP contribution in [-0.4, -0.2) is 29.8 Å². The molecule has 0 radical (unpaired) electrons. The fourth-order valence-electron chi connectivity index (χ4n) is 1.89. The number of nitrogens with one attached hydrogen (secondary N) is 3. The van der Waals surface area contributed by atoms with Crippen LogP contribution in [0.1, 0.15) is 25.2 Å². The minimum Gasteiger partial charge on any atom is -0.359 e. The number of H-pyrrole nitrogens is 2. The van der Waals surface area contributed by atoms with Crippen LogP contribution in [0.3, 0.4) is 0 Å². The molecule has 0 aliphatic carbocycles. The minimum atomic E-state index is -0.357. The van der Waals surface area contributed by atoms with Crippen molar-refractivity contribution in [3.8, 4) is 0 Å². The van der Waals surface area contributed by atoms with Crippen molar-refractivity contribution in [1.82, 2.24) is 29.8 Å². The van der Waals surface area contributed by atoms with E-state index in [1.807, 2.05) is 6.92 Å². The van der Waals surface area contributed by atoms with E-state index in [0.717, 1.165) is 12.2 Å². The lowest BCUT2D eigenvalue weighted by atomic mass is 10.2. The molecule has 0 saturated heterocycles. The van der Waals surface area contributed by atoms with Crippen molar-refractivity contribution in [3.05, 3.63) is 40.8 Å². The van der Waals surface area contributed by atoms with Gasteiger partial charge in [0.2, 0.25) is 0 Å². The number of fused-ring (bicyclic) bond motifs is 1. The Balaban J connectivity index is 1.91. The summed E-state index contributed by atoms with van der Waals surface area (Å²) < 4.78 is 1.22. The summed E-state index contributed by atoms with van der Waals surface area (Å²) >= 11 is 0. The van der Waals surface area contributed by atoms with E-state index < -0.39 is 0 Å². The van der Waals surface area contributed by atoms with Crippen LogP contribution in [0.4, 0.5) is 5.82 Å². The van der Waals surface area contributed by atoms with Crippen LogP contribution in [0.15, 0.2) is 29.3 Å². The average Bonchev–Trinajstić information content (AvgIpc) is 3.07. The van der Waals surface area contributed by atoms with Crippen LogP contribution in [-0.2, 0) is 0 Å². The van der Waals surface area contributed by atoms with Gasteiger partial charge < -0.3 is 10.3 Å².